The standard InChI is InChI=1S/C29H22N2O/c1-3-9-24-17-21(13-14-22(24)7-1)19-31-28-12-6-5-11-27(28)30-29(31)20-32-26-16-15-23-8-2-4-10-25(23)18-26/h1-18H,19-20H2. The minimum Gasteiger partial charge on any atom is -0.486 e. The maximum Gasteiger partial charge on any atom is 0.148 e. The number of para-hydroxylation sites is 2. The molecular formula is C29H22N2O. The number of imidazole rings is 1. The molecule has 0 radical (unpaired) electrons. The SMILES string of the molecule is c1ccc2cc(Cn3c(COc4ccc5ccccc5c4)nc4ccccc43)ccc2c1. The molecule has 0 atom stereocenters. The van der Waals surface area contributed by atoms with E-state index in [1.165, 1.54) is 27.1 Å². The van der Waals surface area contributed by atoms with Gasteiger partial charge in [0.1, 0.15) is 18.2 Å². The molecule has 1 aromatic heterocycles. The lowest BCUT2D eigenvalue weighted by molar-refractivity contribution is 0.291. The maximum atomic E-state index is 6.19. The molecule has 154 valence electrons. The zero-order valence-electron chi connectivity index (χ0n) is 17.6. The highest BCUT2D eigenvalue weighted by molar-refractivity contribution is 5.84. The minimum atomic E-state index is 0.417. The van der Waals surface area contributed by atoms with Crippen molar-refractivity contribution < 1.29 is 4.74 Å². The van der Waals surface area contributed by atoms with Gasteiger partial charge in [0.25, 0.3) is 0 Å². The second kappa shape index (κ2) is 7.86. The quantitative estimate of drug-likeness (QED) is 0.305. The number of benzene rings is 5. The fourth-order valence-corrected chi connectivity index (χ4v) is 4.34. The van der Waals surface area contributed by atoms with Crippen molar-refractivity contribution in [2.45, 2.75) is 13.2 Å². The highest BCUT2D eigenvalue weighted by Gasteiger charge is 2.12. The number of nitrogens with zero attached hydrogens (tertiary/aromatic N) is 2. The Morgan fingerprint density at radius 1 is 0.625 bits per heavy atom. The molecule has 0 amide bonds. The summed E-state index contributed by atoms with van der Waals surface area (Å²) in [7, 11) is 0. The summed E-state index contributed by atoms with van der Waals surface area (Å²) >= 11 is 0. The average Bonchev–Trinajstić information content (AvgIpc) is 3.20. The zero-order valence-corrected chi connectivity index (χ0v) is 17.6. The van der Waals surface area contributed by atoms with Gasteiger partial charge in [0, 0.05) is 6.54 Å². The van der Waals surface area contributed by atoms with Crippen molar-refractivity contribution in [2.75, 3.05) is 0 Å². The van der Waals surface area contributed by atoms with Gasteiger partial charge in [0.2, 0.25) is 0 Å². The average molecular weight is 415 g/mol. The van der Waals surface area contributed by atoms with Crippen molar-refractivity contribution in [3.05, 3.63) is 121 Å². The zero-order chi connectivity index (χ0) is 21.3. The fraction of sp³-hybridized carbons (Fsp3) is 0.0690. The Labute approximate surface area is 186 Å². The van der Waals surface area contributed by atoms with Gasteiger partial charge in [-0.3, -0.25) is 0 Å². The van der Waals surface area contributed by atoms with Gasteiger partial charge in [-0.15, -0.1) is 0 Å². The second-order valence-electron chi connectivity index (χ2n) is 8.08. The van der Waals surface area contributed by atoms with E-state index in [9.17, 15) is 0 Å². The Morgan fingerprint density at radius 3 is 2.09 bits per heavy atom. The van der Waals surface area contributed by atoms with Crippen LogP contribution in [0.1, 0.15) is 11.4 Å². The largest absolute Gasteiger partial charge is 0.486 e. The molecule has 0 saturated heterocycles. The number of fused-ring (bicyclic) bond motifs is 3. The summed E-state index contributed by atoms with van der Waals surface area (Å²) in [6, 6.07) is 37.9. The molecule has 0 N–H and O–H groups in total. The first-order valence-electron chi connectivity index (χ1n) is 10.9. The molecule has 6 rings (SSSR count). The van der Waals surface area contributed by atoms with Crippen LogP contribution >= 0.6 is 0 Å². The second-order valence-corrected chi connectivity index (χ2v) is 8.08. The molecule has 3 heteroatoms. The minimum absolute atomic E-state index is 0.417. The van der Waals surface area contributed by atoms with Crippen molar-refractivity contribution in [3.8, 4) is 5.75 Å². The molecule has 32 heavy (non-hydrogen) atoms. The highest BCUT2D eigenvalue weighted by Crippen LogP contribution is 2.24. The molecule has 0 saturated carbocycles. The molecule has 0 aliphatic rings. The molecule has 3 nitrogen and oxygen atoms in total. The van der Waals surface area contributed by atoms with Crippen LogP contribution in [0.25, 0.3) is 32.6 Å². The van der Waals surface area contributed by atoms with Gasteiger partial charge in [-0.1, -0.05) is 78.9 Å². The Balaban J connectivity index is 1.34. The monoisotopic (exact) mass is 414 g/mol. The third-order valence-corrected chi connectivity index (χ3v) is 5.98. The molecule has 0 fully saturated rings. The third kappa shape index (κ3) is 3.48. The van der Waals surface area contributed by atoms with Gasteiger partial charge in [0.05, 0.1) is 11.0 Å². The fourth-order valence-electron chi connectivity index (χ4n) is 4.34. The van der Waals surface area contributed by atoms with Crippen LogP contribution in [-0.2, 0) is 13.2 Å². The number of aromatic nitrogens is 2. The number of hydrogen-bond acceptors (Lipinski definition) is 2. The lowest BCUT2D eigenvalue weighted by Gasteiger charge is -2.12. The summed E-state index contributed by atoms with van der Waals surface area (Å²) in [5.74, 6) is 1.78. The van der Waals surface area contributed by atoms with Crippen molar-refractivity contribution >= 4 is 32.6 Å². The van der Waals surface area contributed by atoms with Crippen molar-refractivity contribution in [2.24, 2.45) is 0 Å². The van der Waals surface area contributed by atoms with Crippen LogP contribution in [0.4, 0.5) is 0 Å². The first-order valence-corrected chi connectivity index (χ1v) is 10.9. The first-order chi connectivity index (χ1) is 15.8. The van der Waals surface area contributed by atoms with Crippen LogP contribution in [0.5, 0.6) is 5.75 Å². The number of rotatable bonds is 5. The van der Waals surface area contributed by atoms with E-state index in [-0.39, 0.29) is 0 Å². The lowest BCUT2D eigenvalue weighted by Crippen LogP contribution is -2.08. The molecule has 6 aromatic rings. The Kier molecular flexibility index (Phi) is 4.58. The van der Waals surface area contributed by atoms with Gasteiger partial charge < -0.3 is 9.30 Å². The lowest BCUT2D eigenvalue weighted by atomic mass is 10.1. The molecule has 0 spiro atoms. The molecule has 0 unspecified atom stereocenters. The van der Waals surface area contributed by atoms with Crippen molar-refractivity contribution in [3.63, 3.8) is 0 Å². The third-order valence-electron chi connectivity index (χ3n) is 5.98. The van der Waals surface area contributed by atoms with Crippen molar-refractivity contribution in [1.82, 2.24) is 9.55 Å². The van der Waals surface area contributed by atoms with E-state index >= 15 is 0 Å². The van der Waals surface area contributed by atoms with E-state index < -0.39 is 0 Å². The van der Waals surface area contributed by atoms with Gasteiger partial charge in [-0.25, -0.2) is 4.98 Å². The summed E-state index contributed by atoms with van der Waals surface area (Å²) in [4.78, 5) is 4.89. The van der Waals surface area contributed by atoms with Crippen LogP contribution < -0.4 is 4.74 Å². The topological polar surface area (TPSA) is 27.1 Å². The van der Waals surface area contributed by atoms with E-state index in [2.05, 4.69) is 102 Å². The smallest absolute Gasteiger partial charge is 0.148 e. The molecular weight excluding hydrogens is 392 g/mol. The maximum absolute atomic E-state index is 6.19. The predicted octanol–water partition coefficient (Wildman–Crippen LogP) is 6.97. The molecule has 1 heterocycles. The summed E-state index contributed by atoms with van der Waals surface area (Å²) in [6.07, 6.45) is 0. The van der Waals surface area contributed by atoms with Crippen LogP contribution in [0.15, 0.2) is 109 Å². The highest BCUT2D eigenvalue weighted by atomic mass is 16.5. The van der Waals surface area contributed by atoms with Crippen LogP contribution in [0.2, 0.25) is 0 Å². The Morgan fingerprint density at radius 2 is 1.28 bits per heavy atom. The molecule has 0 bridgehead atoms. The number of ether oxygens (including phenoxy) is 1. The van der Waals surface area contributed by atoms with E-state index in [1.807, 2.05) is 12.1 Å². The van der Waals surface area contributed by atoms with Crippen LogP contribution in [-0.4, -0.2) is 9.55 Å². The molecule has 5 aromatic carbocycles. The van der Waals surface area contributed by atoms with Gasteiger partial charge in [0.15, 0.2) is 0 Å². The van der Waals surface area contributed by atoms with Gasteiger partial charge in [-0.2, -0.15) is 0 Å². The van der Waals surface area contributed by atoms with Gasteiger partial charge >= 0.3 is 0 Å². The van der Waals surface area contributed by atoms with E-state index in [4.69, 9.17) is 9.72 Å². The summed E-state index contributed by atoms with van der Waals surface area (Å²) < 4.78 is 8.46. The molecule has 0 aliphatic heterocycles. The summed E-state index contributed by atoms with van der Waals surface area (Å²) in [6.45, 7) is 1.17. The predicted molar refractivity (Wildman–Crippen MR) is 131 cm³/mol. The Bertz CT molecular complexity index is 1560. The van der Waals surface area contributed by atoms with E-state index in [0.29, 0.717) is 6.61 Å². The van der Waals surface area contributed by atoms with Crippen LogP contribution in [0.3, 0.4) is 0 Å². The van der Waals surface area contributed by atoms with E-state index in [1.54, 1.807) is 0 Å². The van der Waals surface area contributed by atoms with E-state index in [0.717, 1.165) is 29.2 Å². The molecule has 0 aliphatic carbocycles. The first kappa shape index (κ1) is 18.6. The van der Waals surface area contributed by atoms with Crippen LogP contribution in [0, 0.1) is 0 Å². The summed E-state index contributed by atoms with van der Waals surface area (Å²) in [5.41, 5.74) is 3.36. The summed E-state index contributed by atoms with van der Waals surface area (Å²) in [5, 5.41) is 4.90. The Hall–Kier alpha value is -4.11. The van der Waals surface area contributed by atoms with Crippen molar-refractivity contribution in [1.29, 1.82) is 0 Å². The normalized spacial score (nSPS) is 11.4. The van der Waals surface area contributed by atoms with Gasteiger partial charge in [-0.05, 0) is 57.4 Å². The number of hydrogen-bond donors (Lipinski definition) is 0.